The monoisotopic (exact) mass is 402 g/mol. The Morgan fingerprint density at radius 3 is 2.38 bits per heavy atom. The van der Waals surface area contributed by atoms with E-state index >= 15 is 0 Å². The van der Waals surface area contributed by atoms with E-state index in [1.54, 1.807) is 0 Å². The van der Waals surface area contributed by atoms with Crippen molar-refractivity contribution in [1.29, 1.82) is 0 Å². The third-order valence-corrected chi connectivity index (χ3v) is 9.39. The third-order valence-electron chi connectivity index (χ3n) is 9.39. The Morgan fingerprint density at radius 2 is 1.72 bits per heavy atom. The zero-order valence-corrected chi connectivity index (χ0v) is 18.0. The van der Waals surface area contributed by atoms with E-state index < -0.39 is 0 Å². The van der Waals surface area contributed by atoms with Crippen molar-refractivity contribution in [3.05, 3.63) is 11.6 Å². The van der Waals surface area contributed by atoms with E-state index in [1.165, 1.54) is 38.4 Å². The molecule has 29 heavy (non-hydrogen) atoms. The van der Waals surface area contributed by atoms with Crippen molar-refractivity contribution in [3.8, 4) is 0 Å². The van der Waals surface area contributed by atoms with Crippen molar-refractivity contribution in [1.82, 2.24) is 0 Å². The largest absolute Gasteiger partial charge is 0.471 e. The summed E-state index contributed by atoms with van der Waals surface area (Å²) in [6, 6.07) is 0. The maximum atomic E-state index is 11.9. The van der Waals surface area contributed by atoms with Gasteiger partial charge < -0.3 is 9.47 Å². The quantitative estimate of drug-likeness (QED) is 0.481. The van der Waals surface area contributed by atoms with Gasteiger partial charge in [0.15, 0.2) is 5.78 Å². The van der Waals surface area contributed by atoms with Gasteiger partial charge in [-0.25, -0.2) is 0 Å². The van der Waals surface area contributed by atoms with Crippen molar-refractivity contribution in [2.24, 2.45) is 28.6 Å². The molecule has 4 fully saturated rings. The molecule has 1 spiro atoms. The number of ether oxygens (including phenoxy) is 2. The standard InChI is InChI=1S/C22H30O3.C2H4O2/c1-20-9-5-15(23)13-14(20)3-4-16-17(20)6-10-21(2)18(16)7-11-22(21)12-8-19(24)25-22;1-4-2-3/h13,16-18H,3-12H2,1-2H3;2H,1H3/t16?,17?,18?,20?,21?,22-;/m1./s1. The van der Waals surface area contributed by atoms with Crippen LogP contribution in [-0.4, -0.2) is 30.9 Å². The first-order valence-corrected chi connectivity index (χ1v) is 11.2. The minimum Gasteiger partial charge on any atom is -0.471 e. The van der Waals surface area contributed by atoms with Crippen LogP contribution in [0.3, 0.4) is 0 Å². The molecule has 0 bridgehead atoms. The van der Waals surface area contributed by atoms with Crippen molar-refractivity contribution in [3.63, 3.8) is 0 Å². The molecule has 0 aromatic heterocycles. The first-order valence-electron chi connectivity index (χ1n) is 11.2. The lowest BCUT2D eigenvalue weighted by atomic mass is 9.46. The zero-order chi connectivity index (χ0) is 20.9. The highest BCUT2D eigenvalue weighted by Gasteiger charge is 2.66. The Balaban J connectivity index is 0.000000472. The lowest BCUT2D eigenvalue weighted by molar-refractivity contribution is -0.168. The van der Waals surface area contributed by atoms with Gasteiger partial charge in [0.25, 0.3) is 6.47 Å². The fourth-order valence-corrected chi connectivity index (χ4v) is 7.85. The second-order valence-corrected chi connectivity index (χ2v) is 10.3. The van der Waals surface area contributed by atoms with Crippen molar-refractivity contribution in [2.75, 3.05) is 7.11 Å². The number of carbonyl (C=O) groups is 3. The highest BCUT2D eigenvalue weighted by molar-refractivity contribution is 5.91. The average Bonchev–Trinajstić information content (AvgIpc) is 3.23. The summed E-state index contributed by atoms with van der Waals surface area (Å²) in [6.45, 7) is 5.24. The van der Waals surface area contributed by atoms with Gasteiger partial charge in [0.1, 0.15) is 5.60 Å². The topological polar surface area (TPSA) is 69.7 Å². The number of hydrogen-bond acceptors (Lipinski definition) is 5. The Labute approximate surface area is 173 Å². The van der Waals surface area contributed by atoms with Gasteiger partial charge in [0.2, 0.25) is 0 Å². The lowest BCUT2D eigenvalue weighted by Crippen LogP contribution is -2.54. The van der Waals surface area contributed by atoms with Gasteiger partial charge in [-0.15, -0.1) is 0 Å². The molecule has 0 aromatic carbocycles. The molecule has 4 aliphatic carbocycles. The molecule has 5 aliphatic rings. The fraction of sp³-hybridized carbons (Fsp3) is 0.792. The fourth-order valence-electron chi connectivity index (χ4n) is 7.85. The predicted octanol–water partition coefficient (Wildman–Crippen LogP) is 4.38. The van der Waals surface area contributed by atoms with Gasteiger partial charge in [-0.1, -0.05) is 19.4 Å². The highest BCUT2D eigenvalue weighted by Crippen LogP contribution is 2.69. The molecule has 3 saturated carbocycles. The first kappa shape index (κ1) is 20.6. The van der Waals surface area contributed by atoms with Crippen LogP contribution in [0.2, 0.25) is 0 Å². The van der Waals surface area contributed by atoms with E-state index in [0.29, 0.717) is 30.5 Å². The highest BCUT2D eigenvalue weighted by atomic mass is 16.6. The van der Waals surface area contributed by atoms with Gasteiger partial charge in [-0.3, -0.25) is 14.4 Å². The van der Waals surface area contributed by atoms with Crippen LogP contribution in [0.1, 0.15) is 78.1 Å². The zero-order valence-electron chi connectivity index (χ0n) is 18.0. The lowest BCUT2D eigenvalue weighted by Gasteiger charge is -2.59. The van der Waals surface area contributed by atoms with Crippen molar-refractivity contribution >= 4 is 18.2 Å². The maximum Gasteiger partial charge on any atom is 0.306 e. The molecule has 1 heterocycles. The Kier molecular flexibility index (Phi) is 5.15. The van der Waals surface area contributed by atoms with E-state index in [4.69, 9.17) is 9.53 Å². The number of ketones is 1. The Morgan fingerprint density at radius 1 is 1.00 bits per heavy atom. The summed E-state index contributed by atoms with van der Waals surface area (Å²) >= 11 is 0. The molecule has 0 amide bonds. The van der Waals surface area contributed by atoms with Crippen LogP contribution in [0.25, 0.3) is 0 Å². The molecule has 1 aliphatic heterocycles. The molecule has 5 heteroatoms. The van der Waals surface area contributed by atoms with E-state index in [-0.39, 0.29) is 22.4 Å². The number of hydrogen-bond donors (Lipinski definition) is 0. The molecule has 0 N–H and O–H groups in total. The van der Waals surface area contributed by atoms with Crippen LogP contribution >= 0.6 is 0 Å². The predicted molar refractivity (Wildman–Crippen MR) is 108 cm³/mol. The summed E-state index contributed by atoms with van der Waals surface area (Å²) in [5.74, 6) is 2.51. The smallest absolute Gasteiger partial charge is 0.306 e. The van der Waals surface area contributed by atoms with E-state index in [1.807, 2.05) is 6.08 Å². The van der Waals surface area contributed by atoms with Crippen LogP contribution in [0.4, 0.5) is 0 Å². The number of fused-ring (bicyclic) bond motifs is 6. The normalized spacial score (nSPS) is 45.2. The second-order valence-electron chi connectivity index (χ2n) is 10.3. The van der Waals surface area contributed by atoms with Gasteiger partial charge in [0, 0.05) is 18.3 Å². The molecular formula is C24H34O5. The van der Waals surface area contributed by atoms with Gasteiger partial charge in [-0.05, 0) is 80.6 Å². The molecule has 5 unspecified atom stereocenters. The van der Waals surface area contributed by atoms with Gasteiger partial charge >= 0.3 is 5.97 Å². The third kappa shape index (κ3) is 2.98. The average molecular weight is 403 g/mol. The van der Waals surface area contributed by atoms with E-state index in [0.717, 1.165) is 38.0 Å². The minimum atomic E-state index is -0.167. The SMILES string of the molecule is CC12CCC(=O)C=C1CCC1C2CCC2(C)C1CC[C@@]21CCC(=O)O1.COC=O. The van der Waals surface area contributed by atoms with E-state index in [9.17, 15) is 9.59 Å². The van der Waals surface area contributed by atoms with Crippen LogP contribution in [0.15, 0.2) is 11.6 Å². The van der Waals surface area contributed by atoms with Crippen molar-refractivity contribution < 1.29 is 23.9 Å². The molecule has 0 aromatic rings. The summed E-state index contributed by atoms with van der Waals surface area (Å²) in [7, 11) is 1.31. The molecular weight excluding hydrogens is 368 g/mol. The van der Waals surface area contributed by atoms with Crippen LogP contribution in [-0.2, 0) is 23.9 Å². The molecule has 1 saturated heterocycles. The number of methoxy groups -OCH3 is 1. The summed E-state index contributed by atoms with van der Waals surface area (Å²) in [5, 5.41) is 0. The Bertz CT molecular complexity index is 742. The summed E-state index contributed by atoms with van der Waals surface area (Å²) in [5.41, 5.74) is 1.68. The molecule has 160 valence electrons. The van der Waals surface area contributed by atoms with Gasteiger partial charge in [0.05, 0.1) is 7.11 Å². The number of carbonyl (C=O) groups excluding carboxylic acids is 3. The minimum absolute atomic E-state index is 0.0237. The molecule has 0 radical (unpaired) electrons. The van der Waals surface area contributed by atoms with Crippen LogP contribution < -0.4 is 0 Å². The van der Waals surface area contributed by atoms with Gasteiger partial charge in [-0.2, -0.15) is 0 Å². The summed E-state index contributed by atoms with van der Waals surface area (Å²) in [4.78, 5) is 32.8. The number of esters is 1. The molecule has 5 nitrogen and oxygen atoms in total. The second kappa shape index (κ2) is 7.24. The van der Waals surface area contributed by atoms with Crippen molar-refractivity contribution in [2.45, 2.75) is 83.7 Å². The van der Waals surface area contributed by atoms with Crippen LogP contribution in [0, 0.1) is 28.6 Å². The Hall–Kier alpha value is -1.65. The number of rotatable bonds is 1. The summed E-state index contributed by atoms with van der Waals surface area (Å²) in [6.07, 6.45) is 12.3. The van der Waals surface area contributed by atoms with E-state index in [2.05, 4.69) is 18.6 Å². The summed E-state index contributed by atoms with van der Waals surface area (Å²) < 4.78 is 9.87. The number of allylic oxidation sites excluding steroid dienone is 1. The first-order chi connectivity index (χ1) is 13.8. The molecule has 5 rings (SSSR count). The molecule has 6 atom stereocenters. The van der Waals surface area contributed by atoms with Crippen LogP contribution in [0.5, 0.6) is 0 Å². The maximum absolute atomic E-state index is 11.9.